The van der Waals surface area contributed by atoms with Crippen LogP contribution in [0.5, 0.6) is 0 Å². The number of amides is 2. The van der Waals surface area contributed by atoms with Crippen molar-refractivity contribution in [2.24, 2.45) is 0 Å². The highest BCUT2D eigenvalue weighted by Gasteiger charge is 2.21. The molecule has 0 aromatic rings. The van der Waals surface area contributed by atoms with Crippen LogP contribution < -0.4 is 10.6 Å². The normalized spacial score (nSPS) is 22.1. The summed E-state index contributed by atoms with van der Waals surface area (Å²) >= 11 is 0. The average molecular weight is 152 g/mol. The van der Waals surface area contributed by atoms with Crippen LogP contribution in [0.1, 0.15) is 6.42 Å². The summed E-state index contributed by atoms with van der Waals surface area (Å²) in [6.45, 7) is 0.478. The molecule has 1 heterocycles. The molecule has 0 radical (unpaired) electrons. The lowest BCUT2D eigenvalue weighted by Crippen LogP contribution is -2.35. The zero-order valence-electron chi connectivity index (χ0n) is 5.89. The van der Waals surface area contributed by atoms with Gasteiger partial charge in [-0.1, -0.05) is 0 Å². The lowest BCUT2D eigenvalue weighted by molar-refractivity contribution is -0.119. The molecule has 1 saturated heterocycles. The van der Waals surface area contributed by atoms with Gasteiger partial charge in [-0.2, -0.15) is 0 Å². The molecule has 0 aromatic heterocycles. The molecule has 1 aliphatic heterocycles. The maximum atomic E-state index is 10.6. The van der Waals surface area contributed by atoms with E-state index in [9.17, 15) is 9.59 Å². The van der Waals surface area contributed by atoms with Crippen LogP contribution in [0.3, 0.4) is 0 Å². The van der Waals surface area contributed by atoms with E-state index in [2.05, 4.69) is 10.6 Å². The highest BCUT2D eigenvalue weighted by Crippen LogP contribution is 1.97. The lowest BCUT2D eigenvalue weighted by Gasteiger charge is -2.05. The molecule has 0 spiro atoms. The molecular formula is C7H8N2O2. The van der Waals surface area contributed by atoms with Gasteiger partial charge >= 0.3 is 0 Å². The monoisotopic (exact) mass is 152 g/mol. The molecule has 1 rings (SSSR count). The Labute approximate surface area is 64.3 Å². The van der Waals surface area contributed by atoms with E-state index in [0.717, 1.165) is 0 Å². The molecule has 1 unspecified atom stereocenters. The molecule has 0 aliphatic carbocycles. The molecule has 0 aromatic carbocycles. The fourth-order valence-corrected chi connectivity index (χ4v) is 0.934. The third kappa shape index (κ3) is 1.97. The van der Waals surface area contributed by atoms with Crippen LogP contribution in [0.15, 0.2) is 0 Å². The molecular weight excluding hydrogens is 144 g/mol. The number of carbonyl (C=O) groups excluding carboxylic acids is 2. The van der Waals surface area contributed by atoms with Crippen molar-refractivity contribution >= 4 is 11.8 Å². The molecule has 1 aliphatic rings. The molecule has 1 fully saturated rings. The van der Waals surface area contributed by atoms with Crippen molar-refractivity contribution in [2.45, 2.75) is 12.5 Å². The van der Waals surface area contributed by atoms with Crippen molar-refractivity contribution in [3.63, 3.8) is 0 Å². The summed E-state index contributed by atoms with van der Waals surface area (Å²) in [5.74, 6) is 1.40. The number of carbonyl (C=O) groups is 2. The van der Waals surface area contributed by atoms with E-state index in [1.165, 1.54) is 0 Å². The van der Waals surface area contributed by atoms with Gasteiger partial charge in [0, 0.05) is 13.0 Å². The summed E-state index contributed by atoms with van der Waals surface area (Å²) < 4.78 is 0. The Morgan fingerprint density at radius 1 is 1.82 bits per heavy atom. The highest BCUT2D eigenvalue weighted by atomic mass is 16.2. The van der Waals surface area contributed by atoms with Gasteiger partial charge in [0.05, 0.1) is 6.04 Å². The molecule has 4 heteroatoms. The van der Waals surface area contributed by atoms with Gasteiger partial charge in [-0.05, 0) is 5.92 Å². The van der Waals surface area contributed by atoms with Gasteiger partial charge in [0.1, 0.15) is 0 Å². The number of rotatable bonds is 1. The largest absolute Gasteiger partial charge is 0.354 e. The Kier molecular flexibility index (Phi) is 2.12. The smallest absolute Gasteiger partial charge is 0.295 e. The molecule has 1 atom stereocenters. The predicted octanol–water partition coefficient (Wildman–Crippen LogP) is -1.38. The first-order chi connectivity index (χ1) is 5.22. The molecule has 4 nitrogen and oxygen atoms in total. The van der Waals surface area contributed by atoms with Gasteiger partial charge in [0.2, 0.25) is 5.91 Å². The molecule has 0 bridgehead atoms. The van der Waals surface area contributed by atoms with Crippen molar-refractivity contribution < 1.29 is 9.59 Å². The molecule has 11 heavy (non-hydrogen) atoms. The predicted molar refractivity (Wildman–Crippen MR) is 38.4 cm³/mol. The van der Waals surface area contributed by atoms with Crippen LogP contribution in [-0.2, 0) is 9.59 Å². The van der Waals surface area contributed by atoms with Crippen LogP contribution in [0, 0.1) is 12.3 Å². The van der Waals surface area contributed by atoms with E-state index in [1.807, 2.05) is 5.92 Å². The van der Waals surface area contributed by atoms with E-state index < -0.39 is 5.91 Å². The first-order valence-corrected chi connectivity index (χ1v) is 3.26. The Morgan fingerprint density at radius 2 is 2.55 bits per heavy atom. The maximum Gasteiger partial charge on any atom is 0.295 e. The van der Waals surface area contributed by atoms with E-state index >= 15 is 0 Å². The third-order valence-electron chi connectivity index (χ3n) is 1.44. The first-order valence-electron chi connectivity index (χ1n) is 3.26. The van der Waals surface area contributed by atoms with Crippen molar-refractivity contribution in [3.05, 3.63) is 0 Å². The minimum absolute atomic E-state index is 0.0488. The fraction of sp³-hybridized carbons (Fsp3) is 0.429. The van der Waals surface area contributed by atoms with Crippen molar-refractivity contribution in [3.8, 4) is 12.3 Å². The summed E-state index contributed by atoms with van der Waals surface area (Å²) in [6, 6.07) is -0.133. The van der Waals surface area contributed by atoms with E-state index in [0.29, 0.717) is 13.0 Å². The van der Waals surface area contributed by atoms with E-state index in [4.69, 9.17) is 6.42 Å². The molecule has 2 amide bonds. The number of hydrogen-bond acceptors (Lipinski definition) is 2. The standard InChI is InChI=1S/C7H8N2O2/c1-2-6(10)9-5-3-7(11)8-4-5/h1,5H,3-4H2,(H,8,11)(H,9,10). The Morgan fingerprint density at radius 3 is 3.00 bits per heavy atom. The zero-order valence-corrected chi connectivity index (χ0v) is 5.89. The van der Waals surface area contributed by atoms with Crippen LogP contribution in [0.2, 0.25) is 0 Å². The second kappa shape index (κ2) is 3.06. The SMILES string of the molecule is C#CC(=O)NC1CNC(=O)C1. The number of nitrogens with one attached hydrogen (secondary N) is 2. The van der Waals surface area contributed by atoms with Crippen LogP contribution in [0.4, 0.5) is 0 Å². The zero-order chi connectivity index (χ0) is 8.27. The molecule has 2 N–H and O–H groups in total. The summed E-state index contributed by atoms with van der Waals surface area (Å²) in [4.78, 5) is 21.2. The van der Waals surface area contributed by atoms with Gasteiger partial charge in [-0.15, -0.1) is 6.42 Å². The summed E-state index contributed by atoms with van der Waals surface area (Å²) in [6.07, 6.45) is 5.14. The number of hydrogen-bond donors (Lipinski definition) is 2. The second-order valence-corrected chi connectivity index (χ2v) is 2.32. The van der Waals surface area contributed by atoms with Gasteiger partial charge in [0.25, 0.3) is 5.91 Å². The second-order valence-electron chi connectivity index (χ2n) is 2.32. The van der Waals surface area contributed by atoms with Gasteiger partial charge < -0.3 is 10.6 Å². The van der Waals surface area contributed by atoms with Crippen LogP contribution >= 0.6 is 0 Å². The van der Waals surface area contributed by atoms with Gasteiger partial charge in [0.15, 0.2) is 0 Å². The van der Waals surface area contributed by atoms with Crippen molar-refractivity contribution in [2.75, 3.05) is 6.54 Å². The Bertz CT molecular complexity index is 229. The van der Waals surface area contributed by atoms with Crippen molar-refractivity contribution in [1.82, 2.24) is 10.6 Å². The average Bonchev–Trinajstić information content (AvgIpc) is 2.35. The number of terminal acetylenes is 1. The van der Waals surface area contributed by atoms with Crippen LogP contribution in [0.25, 0.3) is 0 Å². The maximum absolute atomic E-state index is 10.6. The molecule has 0 saturated carbocycles. The molecule has 58 valence electrons. The Hall–Kier alpha value is -1.50. The summed E-state index contributed by atoms with van der Waals surface area (Å²) in [5.41, 5.74) is 0. The van der Waals surface area contributed by atoms with Crippen LogP contribution in [-0.4, -0.2) is 24.4 Å². The third-order valence-corrected chi connectivity index (χ3v) is 1.44. The first kappa shape index (κ1) is 7.61. The van der Waals surface area contributed by atoms with Crippen molar-refractivity contribution in [1.29, 1.82) is 0 Å². The van der Waals surface area contributed by atoms with Gasteiger partial charge in [-0.3, -0.25) is 9.59 Å². The van der Waals surface area contributed by atoms with Gasteiger partial charge in [-0.25, -0.2) is 0 Å². The topological polar surface area (TPSA) is 58.2 Å². The lowest BCUT2D eigenvalue weighted by atomic mass is 10.2. The minimum Gasteiger partial charge on any atom is -0.354 e. The van der Waals surface area contributed by atoms with E-state index in [1.54, 1.807) is 0 Å². The summed E-state index contributed by atoms with van der Waals surface area (Å²) in [7, 11) is 0. The highest BCUT2D eigenvalue weighted by molar-refractivity contribution is 5.93. The summed E-state index contributed by atoms with van der Waals surface area (Å²) in [5, 5.41) is 5.08. The Balaban J connectivity index is 2.35. The minimum atomic E-state index is -0.466. The quantitative estimate of drug-likeness (QED) is 0.455. The fourth-order valence-electron chi connectivity index (χ4n) is 0.934. The van der Waals surface area contributed by atoms with E-state index in [-0.39, 0.29) is 11.9 Å².